The minimum absolute atomic E-state index is 0.0412. The van der Waals surface area contributed by atoms with E-state index < -0.39 is 5.82 Å². The van der Waals surface area contributed by atoms with Crippen LogP contribution in [0.15, 0.2) is 47.3 Å². The maximum Gasteiger partial charge on any atom is 0.309 e. The molecule has 1 fully saturated rings. The molecule has 0 radical (unpaired) electrons. The zero-order valence-electron chi connectivity index (χ0n) is 14.1. The highest BCUT2D eigenvalue weighted by atomic mass is 32.1. The number of hydrogen-bond acceptors (Lipinski definition) is 5. The molecule has 4 rings (SSSR count). The molecule has 0 atom stereocenters. The van der Waals surface area contributed by atoms with Gasteiger partial charge in [0.15, 0.2) is 5.78 Å². The highest BCUT2D eigenvalue weighted by molar-refractivity contribution is 7.16. The normalized spacial score (nSPS) is 15.4. The van der Waals surface area contributed by atoms with Gasteiger partial charge in [-0.05, 0) is 30.3 Å². The van der Waals surface area contributed by atoms with Crippen molar-refractivity contribution in [2.75, 3.05) is 26.2 Å². The third-order valence-electron chi connectivity index (χ3n) is 4.60. The zero-order chi connectivity index (χ0) is 18.1. The van der Waals surface area contributed by atoms with Gasteiger partial charge in [-0.3, -0.25) is 19.1 Å². The number of nitrogens with zero attached hydrogens (tertiary/aromatic N) is 2. The van der Waals surface area contributed by atoms with Crippen molar-refractivity contribution in [1.29, 1.82) is 0 Å². The van der Waals surface area contributed by atoms with E-state index in [4.69, 9.17) is 0 Å². The van der Waals surface area contributed by atoms with Crippen LogP contribution in [0.1, 0.15) is 15.9 Å². The van der Waals surface area contributed by atoms with Gasteiger partial charge in [-0.25, -0.2) is 4.39 Å². The summed E-state index contributed by atoms with van der Waals surface area (Å²) in [7, 11) is 0. The summed E-state index contributed by atoms with van der Waals surface area (Å²) in [6, 6.07) is 11.1. The molecule has 134 valence electrons. The Balaban J connectivity index is 1.67. The smallest absolute Gasteiger partial charge is 0.309 e. The predicted octanol–water partition coefficient (Wildman–Crippen LogP) is 2.30. The Morgan fingerprint density at radius 3 is 2.69 bits per heavy atom. The van der Waals surface area contributed by atoms with Crippen LogP contribution in [0.4, 0.5) is 4.39 Å². The molecular weight excluding hydrogens is 353 g/mol. The highest BCUT2D eigenvalue weighted by Crippen LogP contribution is 2.22. The number of thiazole rings is 1. The van der Waals surface area contributed by atoms with Crippen LogP contribution in [0.25, 0.3) is 10.2 Å². The lowest BCUT2D eigenvalue weighted by atomic mass is 10.0. The van der Waals surface area contributed by atoms with Crippen LogP contribution in [0, 0.1) is 5.82 Å². The van der Waals surface area contributed by atoms with Crippen LogP contribution in [0.2, 0.25) is 0 Å². The van der Waals surface area contributed by atoms with Gasteiger partial charge in [0.05, 0.1) is 22.4 Å². The molecule has 7 heteroatoms. The van der Waals surface area contributed by atoms with Gasteiger partial charge in [-0.2, -0.15) is 0 Å². The molecule has 0 amide bonds. The first-order valence-corrected chi connectivity index (χ1v) is 9.31. The molecule has 1 N–H and O–H groups in total. The lowest BCUT2D eigenvalue weighted by Crippen LogP contribution is -2.44. The van der Waals surface area contributed by atoms with Crippen molar-refractivity contribution >= 4 is 27.3 Å². The van der Waals surface area contributed by atoms with E-state index >= 15 is 0 Å². The highest BCUT2D eigenvalue weighted by Gasteiger charge is 2.17. The van der Waals surface area contributed by atoms with Crippen LogP contribution in [-0.2, 0) is 6.67 Å². The number of fused-ring (bicyclic) bond motifs is 1. The Labute approximate surface area is 153 Å². The Hall–Kier alpha value is -2.35. The van der Waals surface area contributed by atoms with E-state index in [-0.39, 0.29) is 16.2 Å². The van der Waals surface area contributed by atoms with Crippen LogP contribution in [0.5, 0.6) is 0 Å². The van der Waals surface area contributed by atoms with Gasteiger partial charge >= 0.3 is 4.87 Å². The van der Waals surface area contributed by atoms with Crippen LogP contribution >= 0.6 is 11.3 Å². The molecule has 1 aromatic heterocycles. The van der Waals surface area contributed by atoms with Gasteiger partial charge in [0, 0.05) is 31.7 Å². The van der Waals surface area contributed by atoms with E-state index in [2.05, 4.69) is 10.2 Å². The largest absolute Gasteiger partial charge is 0.314 e. The molecule has 1 aliphatic heterocycles. The molecule has 2 aromatic carbocycles. The number of carbonyl (C=O) groups excluding carboxylic acids is 1. The minimum Gasteiger partial charge on any atom is -0.314 e. The molecule has 0 bridgehead atoms. The van der Waals surface area contributed by atoms with Gasteiger partial charge in [0.1, 0.15) is 5.82 Å². The van der Waals surface area contributed by atoms with Gasteiger partial charge in [0.2, 0.25) is 0 Å². The molecule has 0 aliphatic carbocycles. The maximum absolute atomic E-state index is 13.9. The number of piperazine rings is 1. The van der Waals surface area contributed by atoms with Crippen LogP contribution in [0.3, 0.4) is 0 Å². The Kier molecular flexibility index (Phi) is 4.67. The van der Waals surface area contributed by atoms with Crippen molar-refractivity contribution < 1.29 is 9.18 Å². The number of nitrogens with one attached hydrogen (secondary N) is 1. The van der Waals surface area contributed by atoms with Gasteiger partial charge < -0.3 is 5.32 Å². The van der Waals surface area contributed by atoms with E-state index in [0.29, 0.717) is 12.2 Å². The number of ketones is 1. The first kappa shape index (κ1) is 17.1. The number of carbonyl (C=O) groups is 1. The molecule has 26 heavy (non-hydrogen) atoms. The number of hydrogen-bond donors (Lipinski definition) is 1. The first-order chi connectivity index (χ1) is 12.6. The standard InChI is InChI=1S/C19H18FN3O2S/c20-15-4-2-1-3-14(15)18(24)13-5-6-16-17(11-13)26-19(25)23(16)12-22-9-7-21-8-10-22/h1-6,11,21H,7-10,12H2. The second-order valence-corrected chi connectivity index (χ2v) is 7.29. The van der Waals surface area contributed by atoms with Crippen molar-refractivity contribution in [2.24, 2.45) is 0 Å². The number of benzene rings is 2. The summed E-state index contributed by atoms with van der Waals surface area (Å²) >= 11 is 1.12. The van der Waals surface area contributed by atoms with Crippen LogP contribution < -0.4 is 10.2 Å². The summed E-state index contributed by atoms with van der Waals surface area (Å²) in [4.78, 5) is 27.2. The maximum atomic E-state index is 13.9. The Bertz CT molecular complexity index is 1020. The third kappa shape index (κ3) is 3.21. The molecule has 0 unspecified atom stereocenters. The van der Waals surface area contributed by atoms with E-state index in [9.17, 15) is 14.0 Å². The fourth-order valence-electron chi connectivity index (χ4n) is 3.19. The van der Waals surface area contributed by atoms with E-state index in [0.717, 1.165) is 47.7 Å². The second kappa shape index (κ2) is 7.11. The number of aromatic nitrogens is 1. The molecule has 1 saturated heterocycles. The summed E-state index contributed by atoms with van der Waals surface area (Å²) in [5.41, 5.74) is 1.24. The second-order valence-electron chi connectivity index (χ2n) is 6.30. The molecular formula is C19H18FN3O2S. The number of halogens is 1. The summed E-state index contributed by atoms with van der Waals surface area (Å²) in [6.45, 7) is 4.17. The van der Waals surface area contributed by atoms with Gasteiger partial charge in [-0.1, -0.05) is 23.5 Å². The van der Waals surface area contributed by atoms with Crippen LogP contribution in [-0.4, -0.2) is 41.4 Å². The molecule has 5 nitrogen and oxygen atoms in total. The molecule has 1 aliphatic rings. The predicted molar refractivity (Wildman–Crippen MR) is 100 cm³/mol. The first-order valence-electron chi connectivity index (χ1n) is 8.49. The SMILES string of the molecule is O=C(c1ccc2c(c1)sc(=O)n2CN1CCNCC1)c1ccccc1F. The molecule has 0 spiro atoms. The molecule has 0 saturated carbocycles. The Morgan fingerprint density at radius 1 is 1.15 bits per heavy atom. The molecule has 2 heterocycles. The fourth-order valence-corrected chi connectivity index (χ4v) is 4.12. The molecule has 3 aromatic rings. The lowest BCUT2D eigenvalue weighted by molar-refractivity contribution is 0.103. The minimum atomic E-state index is -0.540. The van der Waals surface area contributed by atoms with E-state index in [1.165, 1.54) is 12.1 Å². The van der Waals surface area contributed by atoms with Crippen molar-refractivity contribution in [3.8, 4) is 0 Å². The van der Waals surface area contributed by atoms with Gasteiger partial charge in [-0.15, -0.1) is 0 Å². The topological polar surface area (TPSA) is 54.3 Å². The van der Waals surface area contributed by atoms with Gasteiger partial charge in [0.25, 0.3) is 0 Å². The quantitative estimate of drug-likeness (QED) is 0.715. The fraction of sp³-hybridized carbons (Fsp3) is 0.263. The van der Waals surface area contributed by atoms with Crippen molar-refractivity contribution in [3.05, 3.63) is 69.1 Å². The summed E-state index contributed by atoms with van der Waals surface area (Å²) in [5, 5.41) is 3.29. The van der Waals surface area contributed by atoms with Crippen molar-refractivity contribution in [2.45, 2.75) is 6.67 Å². The summed E-state index contributed by atoms with van der Waals surface area (Å²) in [5.74, 6) is -0.915. The monoisotopic (exact) mass is 371 g/mol. The number of rotatable bonds is 4. The van der Waals surface area contributed by atoms with Crippen molar-refractivity contribution in [1.82, 2.24) is 14.8 Å². The van der Waals surface area contributed by atoms with E-state index in [1.54, 1.807) is 34.9 Å². The third-order valence-corrected chi connectivity index (χ3v) is 5.54. The summed E-state index contributed by atoms with van der Waals surface area (Å²) < 4.78 is 16.4. The van der Waals surface area contributed by atoms with E-state index in [1.807, 2.05) is 0 Å². The summed E-state index contributed by atoms with van der Waals surface area (Å²) in [6.07, 6.45) is 0. The average Bonchev–Trinajstić information content (AvgIpc) is 2.97. The average molecular weight is 371 g/mol. The van der Waals surface area contributed by atoms with Crippen molar-refractivity contribution in [3.63, 3.8) is 0 Å². The zero-order valence-corrected chi connectivity index (χ0v) is 14.9. The Morgan fingerprint density at radius 2 is 1.92 bits per heavy atom. The lowest BCUT2D eigenvalue weighted by Gasteiger charge is -2.27.